The Morgan fingerprint density at radius 3 is 2.90 bits per heavy atom. The second kappa shape index (κ2) is 4.27. The first-order valence-electron chi connectivity index (χ1n) is 6.63. The molecule has 0 bridgehead atoms. The molecule has 1 saturated carbocycles. The molecule has 0 aromatic carbocycles. The maximum Gasteiger partial charge on any atom is 0.282 e. The number of aliphatic hydroxyl groups is 1. The highest BCUT2D eigenvalue weighted by Gasteiger charge is 2.47. The molecule has 0 aliphatic heterocycles. The Labute approximate surface area is 115 Å². The molecule has 3 rings (SSSR count). The SMILES string of the molecule is CC1(C)[C@H](CO)C[C@@H]1Cn1nnc2c(=O)[nH]c(N)nc21. The molecule has 0 radical (unpaired) electrons. The summed E-state index contributed by atoms with van der Waals surface area (Å²) in [5, 5.41) is 17.2. The monoisotopic (exact) mass is 278 g/mol. The minimum Gasteiger partial charge on any atom is -0.396 e. The topological polar surface area (TPSA) is 123 Å². The highest BCUT2D eigenvalue weighted by atomic mass is 16.3. The van der Waals surface area contributed by atoms with Gasteiger partial charge in [0.05, 0.1) is 0 Å². The van der Waals surface area contributed by atoms with Gasteiger partial charge in [0.25, 0.3) is 5.56 Å². The number of aliphatic hydroxyl groups excluding tert-OH is 1. The zero-order chi connectivity index (χ0) is 14.5. The fourth-order valence-electron chi connectivity index (χ4n) is 2.96. The third-order valence-electron chi connectivity index (χ3n) is 4.68. The molecule has 0 saturated heterocycles. The number of rotatable bonds is 3. The first-order valence-corrected chi connectivity index (χ1v) is 6.63. The maximum absolute atomic E-state index is 11.7. The van der Waals surface area contributed by atoms with Gasteiger partial charge in [0.2, 0.25) is 5.95 Å². The molecular weight excluding hydrogens is 260 g/mol. The third-order valence-corrected chi connectivity index (χ3v) is 4.68. The number of nitrogens with zero attached hydrogens (tertiary/aromatic N) is 4. The molecule has 1 fully saturated rings. The van der Waals surface area contributed by atoms with Crippen LogP contribution >= 0.6 is 0 Å². The molecule has 0 amide bonds. The quantitative estimate of drug-likeness (QED) is 0.711. The molecule has 0 unspecified atom stereocenters. The average molecular weight is 278 g/mol. The lowest BCUT2D eigenvalue weighted by Gasteiger charge is -2.51. The van der Waals surface area contributed by atoms with Crippen LogP contribution in [0.15, 0.2) is 4.79 Å². The molecule has 4 N–H and O–H groups in total. The van der Waals surface area contributed by atoms with Crippen LogP contribution in [0.25, 0.3) is 11.2 Å². The zero-order valence-corrected chi connectivity index (χ0v) is 11.5. The number of nitrogen functional groups attached to an aromatic ring is 1. The van der Waals surface area contributed by atoms with Crippen molar-refractivity contribution in [1.29, 1.82) is 0 Å². The summed E-state index contributed by atoms with van der Waals surface area (Å²) in [6, 6.07) is 0. The van der Waals surface area contributed by atoms with Gasteiger partial charge in [-0.25, -0.2) is 4.68 Å². The number of nitrogens with one attached hydrogen (secondary N) is 1. The summed E-state index contributed by atoms with van der Waals surface area (Å²) in [7, 11) is 0. The van der Waals surface area contributed by atoms with E-state index in [1.807, 2.05) is 0 Å². The van der Waals surface area contributed by atoms with E-state index in [9.17, 15) is 9.90 Å². The summed E-state index contributed by atoms with van der Waals surface area (Å²) in [5.41, 5.74) is 5.84. The number of nitrogens with two attached hydrogens (primary N) is 1. The van der Waals surface area contributed by atoms with Crippen molar-refractivity contribution in [1.82, 2.24) is 25.0 Å². The van der Waals surface area contributed by atoms with E-state index >= 15 is 0 Å². The average Bonchev–Trinajstić information content (AvgIpc) is 2.77. The van der Waals surface area contributed by atoms with E-state index in [-0.39, 0.29) is 29.0 Å². The summed E-state index contributed by atoms with van der Waals surface area (Å²) in [5.74, 6) is 0.739. The summed E-state index contributed by atoms with van der Waals surface area (Å²) < 4.78 is 1.63. The van der Waals surface area contributed by atoms with Crippen LogP contribution in [0, 0.1) is 17.3 Å². The maximum atomic E-state index is 11.7. The Morgan fingerprint density at radius 2 is 2.25 bits per heavy atom. The smallest absolute Gasteiger partial charge is 0.282 e. The number of aromatic amines is 1. The van der Waals surface area contributed by atoms with Gasteiger partial charge in [-0.05, 0) is 23.7 Å². The van der Waals surface area contributed by atoms with E-state index < -0.39 is 0 Å². The molecule has 8 heteroatoms. The van der Waals surface area contributed by atoms with Crippen molar-refractivity contribution in [2.45, 2.75) is 26.8 Å². The van der Waals surface area contributed by atoms with Crippen LogP contribution in [0.2, 0.25) is 0 Å². The predicted molar refractivity (Wildman–Crippen MR) is 72.8 cm³/mol. The van der Waals surface area contributed by atoms with Crippen LogP contribution in [0.3, 0.4) is 0 Å². The second-order valence-electron chi connectivity index (χ2n) is 6.03. The molecule has 8 nitrogen and oxygen atoms in total. The van der Waals surface area contributed by atoms with E-state index in [4.69, 9.17) is 5.73 Å². The molecule has 1 aliphatic carbocycles. The highest BCUT2D eigenvalue weighted by molar-refractivity contribution is 5.69. The number of hydrogen-bond acceptors (Lipinski definition) is 6. The second-order valence-corrected chi connectivity index (χ2v) is 6.03. The number of fused-ring (bicyclic) bond motifs is 1. The molecule has 2 aromatic rings. The molecule has 108 valence electrons. The highest BCUT2D eigenvalue weighted by Crippen LogP contribution is 2.51. The zero-order valence-electron chi connectivity index (χ0n) is 11.5. The third kappa shape index (κ3) is 1.79. The normalized spacial score (nSPS) is 24.8. The first-order chi connectivity index (χ1) is 9.43. The molecule has 2 aromatic heterocycles. The Hall–Kier alpha value is -1.96. The standard InChI is InChI=1S/C12H18N6O2/c1-12(2)6(3-7(12)5-19)4-18-9-8(16-17-18)10(20)15-11(13)14-9/h6-7,19H,3-5H2,1-2H3,(H3,13,14,15,20)/t6-,7+/m1/s1. The van der Waals surface area contributed by atoms with E-state index in [1.165, 1.54) is 0 Å². The Bertz CT molecular complexity index is 704. The van der Waals surface area contributed by atoms with Gasteiger partial charge < -0.3 is 10.8 Å². The van der Waals surface area contributed by atoms with Crippen molar-refractivity contribution in [3.8, 4) is 0 Å². The van der Waals surface area contributed by atoms with E-state index in [0.29, 0.717) is 24.0 Å². The van der Waals surface area contributed by atoms with Gasteiger partial charge in [-0.1, -0.05) is 19.1 Å². The van der Waals surface area contributed by atoms with E-state index in [0.717, 1.165) is 6.42 Å². The minimum atomic E-state index is -0.375. The largest absolute Gasteiger partial charge is 0.396 e. The molecule has 2 atom stereocenters. The summed E-state index contributed by atoms with van der Waals surface area (Å²) in [4.78, 5) is 18.2. The molecular formula is C12H18N6O2. The molecule has 0 spiro atoms. The van der Waals surface area contributed by atoms with Crippen molar-refractivity contribution >= 4 is 17.1 Å². The molecule has 20 heavy (non-hydrogen) atoms. The number of hydrogen-bond donors (Lipinski definition) is 3. The van der Waals surface area contributed by atoms with Gasteiger partial charge in [0.15, 0.2) is 11.2 Å². The lowest BCUT2D eigenvalue weighted by molar-refractivity contribution is -0.0607. The number of anilines is 1. The fraction of sp³-hybridized carbons (Fsp3) is 0.667. The number of aromatic nitrogens is 5. The van der Waals surface area contributed by atoms with Crippen molar-refractivity contribution in [3.63, 3.8) is 0 Å². The summed E-state index contributed by atoms with van der Waals surface area (Å²) >= 11 is 0. The predicted octanol–water partition coefficient (Wildman–Crippen LogP) is -0.249. The van der Waals surface area contributed by atoms with Crippen LogP contribution in [-0.4, -0.2) is 36.7 Å². The van der Waals surface area contributed by atoms with Gasteiger partial charge in [-0.15, -0.1) is 5.10 Å². The van der Waals surface area contributed by atoms with Crippen LogP contribution in [0.1, 0.15) is 20.3 Å². The van der Waals surface area contributed by atoms with Gasteiger partial charge in [-0.3, -0.25) is 9.78 Å². The Balaban J connectivity index is 1.91. The lowest BCUT2D eigenvalue weighted by Crippen LogP contribution is -2.48. The van der Waals surface area contributed by atoms with Gasteiger partial charge >= 0.3 is 0 Å². The Morgan fingerprint density at radius 1 is 1.50 bits per heavy atom. The summed E-state index contributed by atoms with van der Waals surface area (Å²) in [6.07, 6.45) is 0.934. The van der Waals surface area contributed by atoms with Crippen LogP contribution < -0.4 is 11.3 Å². The minimum absolute atomic E-state index is 0.0414. The fourth-order valence-corrected chi connectivity index (χ4v) is 2.96. The summed E-state index contributed by atoms with van der Waals surface area (Å²) in [6.45, 7) is 5.09. The lowest BCUT2D eigenvalue weighted by atomic mass is 9.55. The van der Waals surface area contributed by atoms with Crippen molar-refractivity contribution < 1.29 is 5.11 Å². The van der Waals surface area contributed by atoms with Crippen LogP contribution in [0.5, 0.6) is 0 Å². The van der Waals surface area contributed by atoms with E-state index in [1.54, 1.807) is 4.68 Å². The van der Waals surface area contributed by atoms with Crippen LogP contribution in [0.4, 0.5) is 5.95 Å². The van der Waals surface area contributed by atoms with E-state index in [2.05, 4.69) is 34.1 Å². The van der Waals surface area contributed by atoms with Crippen molar-refractivity contribution in [2.24, 2.45) is 17.3 Å². The Kier molecular flexibility index (Phi) is 2.79. The molecule has 2 heterocycles. The first kappa shape index (κ1) is 13.0. The van der Waals surface area contributed by atoms with Gasteiger partial charge in [-0.2, -0.15) is 4.98 Å². The van der Waals surface area contributed by atoms with Gasteiger partial charge in [0.1, 0.15) is 0 Å². The molecule has 1 aliphatic rings. The number of H-pyrrole nitrogens is 1. The van der Waals surface area contributed by atoms with Crippen molar-refractivity contribution in [2.75, 3.05) is 12.3 Å². The van der Waals surface area contributed by atoms with Crippen molar-refractivity contribution in [3.05, 3.63) is 10.4 Å². The van der Waals surface area contributed by atoms with Gasteiger partial charge in [0, 0.05) is 13.2 Å². The van der Waals surface area contributed by atoms with Crippen LogP contribution in [-0.2, 0) is 6.54 Å².